The Morgan fingerprint density at radius 3 is 2.77 bits per heavy atom. The maximum Gasteiger partial charge on any atom is 0.192 e. The van der Waals surface area contributed by atoms with E-state index < -0.39 is 0 Å². The number of carbonyl (C=O) groups is 1. The highest BCUT2D eigenvalue weighted by molar-refractivity contribution is 6.29. The molecule has 0 radical (unpaired) electrons. The van der Waals surface area contributed by atoms with Crippen molar-refractivity contribution in [2.24, 2.45) is 11.3 Å². The first-order valence-electron chi connectivity index (χ1n) is 10.5. The zero-order valence-electron chi connectivity index (χ0n) is 17.5. The summed E-state index contributed by atoms with van der Waals surface area (Å²) in [5.74, 6) is 1.32. The lowest BCUT2D eigenvalue weighted by molar-refractivity contribution is 0.0846. The Balaban J connectivity index is 1.52. The van der Waals surface area contributed by atoms with Gasteiger partial charge in [-0.1, -0.05) is 32.4 Å². The predicted molar refractivity (Wildman–Crippen MR) is 117 cm³/mol. The van der Waals surface area contributed by atoms with Crippen LogP contribution in [0.4, 0.5) is 5.82 Å². The largest absolute Gasteiger partial charge is 0.384 e. The van der Waals surface area contributed by atoms with Gasteiger partial charge in [-0.25, -0.2) is 9.97 Å². The Morgan fingerprint density at radius 2 is 2.03 bits per heavy atom. The molecular weight excluding hydrogens is 402 g/mol. The Bertz CT molecular complexity index is 1040. The van der Waals surface area contributed by atoms with Gasteiger partial charge in [0, 0.05) is 35.8 Å². The van der Waals surface area contributed by atoms with Crippen LogP contribution in [0.3, 0.4) is 0 Å². The number of nitrogens with zero attached hydrogens (tertiary/aromatic N) is 3. The zero-order valence-corrected chi connectivity index (χ0v) is 18.2. The number of ketones is 1. The maximum absolute atomic E-state index is 13.4. The van der Waals surface area contributed by atoms with Crippen molar-refractivity contribution in [2.45, 2.75) is 33.2 Å². The van der Waals surface area contributed by atoms with Crippen LogP contribution in [0.15, 0.2) is 17.8 Å². The highest BCUT2D eigenvalue weighted by Crippen LogP contribution is 2.47. The number of aromatic amines is 1. The van der Waals surface area contributed by atoms with Gasteiger partial charge in [-0.15, -0.1) is 0 Å². The molecule has 2 aliphatic heterocycles. The number of Topliss-reactive ketones (excluding diaryl/α,β-unsaturated/α-hetero) is 1. The summed E-state index contributed by atoms with van der Waals surface area (Å²) in [4.78, 5) is 28.0. The molecule has 2 unspecified atom stereocenters. The van der Waals surface area contributed by atoms with E-state index in [0.29, 0.717) is 29.9 Å². The quantitative estimate of drug-likeness (QED) is 0.729. The average molecular weight is 428 g/mol. The molecule has 2 N–H and O–H groups in total. The summed E-state index contributed by atoms with van der Waals surface area (Å²) in [7, 11) is 0. The molecule has 4 heterocycles. The lowest BCUT2D eigenvalue weighted by atomic mass is 9.71. The van der Waals surface area contributed by atoms with Gasteiger partial charge in [0.2, 0.25) is 0 Å². The lowest BCUT2D eigenvalue weighted by Crippen LogP contribution is -2.36. The average Bonchev–Trinajstić information content (AvgIpc) is 3.27. The molecule has 5 rings (SSSR count). The van der Waals surface area contributed by atoms with Crippen LogP contribution in [0.2, 0.25) is 5.15 Å². The van der Waals surface area contributed by atoms with Crippen molar-refractivity contribution in [3.05, 3.63) is 34.4 Å². The molecular formula is C22H26ClN5O2. The second-order valence-electron chi connectivity index (χ2n) is 8.81. The van der Waals surface area contributed by atoms with Gasteiger partial charge in [0.05, 0.1) is 24.8 Å². The number of allylic oxidation sites excluding steroid dienone is 1. The summed E-state index contributed by atoms with van der Waals surface area (Å²) in [6.45, 7) is 9.35. The van der Waals surface area contributed by atoms with Crippen molar-refractivity contribution in [1.29, 1.82) is 0 Å². The van der Waals surface area contributed by atoms with Crippen LogP contribution < -0.4 is 10.2 Å². The number of H-pyrrole nitrogens is 1. The number of hydrogen-bond acceptors (Lipinski definition) is 6. The van der Waals surface area contributed by atoms with Crippen molar-refractivity contribution in [3.8, 4) is 11.4 Å². The molecule has 0 saturated carbocycles. The molecule has 0 bridgehead atoms. The smallest absolute Gasteiger partial charge is 0.192 e. The molecule has 158 valence electrons. The van der Waals surface area contributed by atoms with Gasteiger partial charge in [0.1, 0.15) is 22.5 Å². The summed E-state index contributed by atoms with van der Waals surface area (Å²) in [5.41, 5.74) is 2.91. The van der Waals surface area contributed by atoms with Crippen molar-refractivity contribution >= 4 is 29.3 Å². The first-order chi connectivity index (χ1) is 14.4. The monoisotopic (exact) mass is 427 g/mol. The molecule has 0 amide bonds. The molecule has 2 aromatic rings. The molecule has 2 fully saturated rings. The number of halogens is 1. The molecule has 2 atom stereocenters. The number of rotatable bonds is 3. The van der Waals surface area contributed by atoms with E-state index in [1.165, 1.54) is 0 Å². The predicted octanol–water partition coefficient (Wildman–Crippen LogP) is 3.52. The van der Waals surface area contributed by atoms with Gasteiger partial charge in [0.15, 0.2) is 5.78 Å². The number of anilines is 1. The van der Waals surface area contributed by atoms with E-state index in [1.807, 2.05) is 12.1 Å². The van der Waals surface area contributed by atoms with E-state index in [9.17, 15) is 4.79 Å². The standard InChI is InChI=1S/C22H26ClN5O2/c1-4-15-22(2,3)18-13(24-15)11-14-19(20(18)29)27-21(25-14)12-9-16(23)26-17(10-12)28-5-7-30-8-6-28/h9-11,15,18,24H,4-8H2,1-3H3,(H,25,27). The van der Waals surface area contributed by atoms with Crippen LogP contribution in [-0.4, -0.2) is 53.1 Å². The van der Waals surface area contributed by atoms with Gasteiger partial charge in [-0.3, -0.25) is 4.79 Å². The molecule has 2 saturated heterocycles. The van der Waals surface area contributed by atoms with Crippen LogP contribution in [0.1, 0.15) is 43.4 Å². The second-order valence-corrected chi connectivity index (χ2v) is 9.19. The summed E-state index contributed by atoms with van der Waals surface area (Å²) in [6, 6.07) is 4.02. The Kier molecular flexibility index (Phi) is 4.63. The van der Waals surface area contributed by atoms with Crippen molar-refractivity contribution < 1.29 is 9.53 Å². The van der Waals surface area contributed by atoms with Crippen molar-refractivity contribution in [1.82, 2.24) is 20.3 Å². The number of carbonyl (C=O) groups excluding carboxylic acids is 1. The van der Waals surface area contributed by atoms with Crippen LogP contribution in [-0.2, 0) is 4.74 Å². The van der Waals surface area contributed by atoms with Gasteiger partial charge >= 0.3 is 0 Å². The Hall–Kier alpha value is -2.38. The number of ether oxygens (including phenoxy) is 1. The van der Waals surface area contributed by atoms with E-state index in [0.717, 1.165) is 42.3 Å². The number of morpholine rings is 1. The molecule has 1 aliphatic carbocycles. The molecule has 2 aromatic heterocycles. The minimum Gasteiger partial charge on any atom is -0.384 e. The number of nitrogens with one attached hydrogen (secondary N) is 2. The molecule has 7 nitrogen and oxygen atoms in total. The van der Waals surface area contributed by atoms with E-state index in [1.54, 1.807) is 6.07 Å². The fourth-order valence-electron chi connectivity index (χ4n) is 4.99. The van der Waals surface area contributed by atoms with E-state index in [4.69, 9.17) is 21.3 Å². The minimum absolute atomic E-state index is 0.0759. The molecule has 0 spiro atoms. The Morgan fingerprint density at radius 1 is 1.27 bits per heavy atom. The van der Waals surface area contributed by atoms with E-state index >= 15 is 0 Å². The van der Waals surface area contributed by atoms with Gasteiger partial charge in [-0.05, 0) is 24.6 Å². The minimum atomic E-state index is -0.184. The van der Waals surface area contributed by atoms with E-state index in [-0.39, 0.29) is 23.2 Å². The van der Waals surface area contributed by atoms with Crippen molar-refractivity contribution in [2.75, 3.05) is 31.2 Å². The lowest BCUT2D eigenvalue weighted by Gasteiger charge is -2.30. The van der Waals surface area contributed by atoms with Gasteiger partial charge in [0.25, 0.3) is 0 Å². The van der Waals surface area contributed by atoms with E-state index in [2.05, 4.69) is 41.0 Å². The second kappa shape index (κ2) is 7.10. The number of hydrogen-bond donors (Lipinski definition) is 2. The van der Waals surface area contributed by atoms with Gasteiger partial charge in [-0.2, -0.15) is 0 Å². The maximum atomic E-state index is 13.4. The van der Waals surface area contributed by atoms with Crippen LogP contribution in [0.5, 0.6) is 0 Å². The highest BCUT2D eigenvalue weighted by atomic mass is 35.5. The first-order valence-corrected chi connectivity index (χ1v) is 10.9. The first kappa shape index (κ1) is 19.6. The summed E-state index contributed by atoms with van der Waals surface area (Å²) in [6.07, 6.45) is 3.02. The normalized spacial score (nSPS) is 24.9. The van der Waals surface area contributed by atoms with Crippen LogP contribution in [0, 0.1) is 11.3 Å². The van der Waals surface area contributed by atoms with Crippen molar-refractivity contribution in [3.63, 3.8) is 0 Å². The molecule has 3 aliphatic rings. The summed E-state index contributed by atoms with van der Waals surface area (Å²) < 4.78 is 5.43. The van der Waals surface area contributed by atoms with Crippen LogP contribution >= 0.6 is 11.6 Å². The third kappa shape index (κ3) is 3.03. The fraction of sp³-hybridized carbons (Fsp3) is 0.500. The van der Waals surface area contributed by atoms with Crippen LogP contribution in [0.25, 0.3) is 17.5 Å². The number of fused-ring (bicyclic) bond motifs is 2. The number of pyridine rings is 1. The molecule has 30 heavy (non-hydrogen) atoms. The third-order valence-electron chi connectivity index (χ3n) is 6.62. The summed E-state index contributed by atoms with van der Waals surface area (Å²) in [5, 5.41) is 3.96. The van der Waals surface area contributed by atoms with Gasteiger partial charge < -0.3 is 19.9 Å². The molecule has 0 aromatic carbocycles. The number of aromatic nitrogens is 3. The topological polar surface area (TPSA) is 83.1 Å². The Labute approximate surface area is 180 Å². The zero-order chi connectivity index (χ0) is 21.0. The third-order valence-corrected chi connectivity index (χ3v) is 6.81. The highest BCUT2D eigenvalue weighted by Gasteiger charge is 2.51. The molecule has 8 heteroatoms. The fourth-order valence-corrected chi connectivity index (χ4v) is 5.19. The SMILES string of the molecule is CCC1NC2=Cc3[nH]c(-c4cc(Cl)nc(N5CCOCC5)c4)nc3C(=O)C2C1(C)C. The number of imidazole rings is 1. The summed E-state index contributed by atoms with van der Waals surface area (Å²) >= 11 is 6.32.